The molecule has 0 aliphatic carbocycles. The van der Waals surface area contributed by atoms with E-state index in [0.717, 1.165) is 5.56 Å². The fourth-order valence-electron chi connectivity index (χ4n) is 2.18. The largest absolute Gasteiger partial charge is 0.478 e. The third-order valence-corrected chi connectivity index (χ3v) is 4.96. The minimum atomic E-state index is -0.994. The van der Waals surface area contributed by atoms with Gasteiger partial charge >= 0.3 is 5.97 Å². The van der Waals surface area contributed by atoms with Crippen LogP contribution in [0.2, 0.25) is 5.02 Å². The summed E-state index contributed by atoms with van der Waals surface area (Å²) in [5, 5.41) is 9.36. The zero-order valence-electron chi connectivity index (χ0n) is 12.1. The summed E-state index contributed by atoms with van der Waals surface area (Å²) in [5.74, 6) is -1.24. The van der Waals surface area contributed by atoms with Crippen LogP contribution in [-0.4, -0.2) is 21.3 Å². The maximum atomic E-state index is 12.6. The second-order valence-electron chi connectivity index (χ2n) is 4.90. The summed E-state index contributed by atoms with van der Waals surface area (Å²) in [4.78, 5) is 25.4. The fraction of sp³-hybridized carbons (Fsp3) is 0. The second kappa shape index (κ2) is 6.76. The molecule has 120 valence electrons. The van der Waals surface area contributed by atoms with E-state index in [1.54, 1.807) is 42.5 Å². The van der Waals surface area contributed by atoms with Crippen molar-refractivity contribution in [3.63, 3.8) is 0 Å². The Bertz CT molecular complexity index is 878. The molecule has 1 N–H and O–H groups in total. The lowest BCUT2D eigenvalue weighted by atomic mass is 10.1. The van der Waals surface area contributed by atoms with Crippen LogP contribution < -0.4 is 4.90 Å². The Kier molecular flexibility index (Phi) is 4.71. The number of benzene rings is 2. The second-order valence-corrected chi connectivity index (χ2v) is 6.98. The first-order valence-corrected chi connectivity index (χ1v) is 8.43. The molecule has 24 heavy (non-hydrogen) atoms. The minimum Gasteiger partial charge on any atom is -0.478 e. The van der Waals surface area contributed by atoms with Gasteiger partial charge in [0.15, 0.2) is 4.32 Å². The molecule has 1 aliphatic heterocycles. The van der Waals surface area contributed by atoms with E-state index < -0.39 is 5.97 Å². The highest BCUT2D eigenvalue weighted by Gasteiger charge is 2.34. The number of amides is 1. The number of aromatic carboxylic acids is 1. The molecule has 2 aromatic rings. The molecule has 7 heteroatoms. The molecule has 0 bridgehead atoms. The van der Waals surface area contributed by atoms with Crippen LogP contribution >= 0.6 is 35.6 Å². The highest BCUT2D eigenvalue weighted by atomic mass is 35.5. The van der Waals surface area contributed by atoms with E-state index in [1.165, 1.54) is 28.8 Å². The first kappa shape index (κ1) is 16.7. The van der Waals surface area contributed by atoms with Gasteiger partial charge in [0.1, 0.15) is 0 Å². The lowest BCUT2D eigenvalue weighted by Crippen LogP contribution is -2.27. The number of carbonyl (C=O) groups excluding carboxylic acids is 1. The van der Waals surface area contributed by atoms with Crippen LogP contribution in [0.25, 0.3) is 6.08 Å². The zero-order chi connectivity index (χ0) is 17.3. The zero-order valence-corrected chi connectivity index (χ0v) is 14.5. The summed E-state index contributed by atoms with van der Waals surface area (Å²) in [6, 6.07) is 13.3. The molecule has 2 aromatic carbocycles. The third kappa shape index (κ3) is 3.21. The Balaban J connectivity index is 1.91. The monoisotopic (exact) mass is 375 g/mol. The van der Waals surface area contributed by atoms with Crippen LogP contribution in [-0.2, 0) is 4.79 Å². The van der Waals surface area contributed by atoms with E-state index in [0.29, 0.717) is 19.9 Å². The average molecular weight is 376 g/mol. The molecule has 0 unspecified atom stereocenters. The van der Waals surface area contributed by atoms with Gasteiger partial charge in [0, 0.05) is 0 Å². The predicted octanol–water partition coefficient (Wildman–Crippen LogP) is 4.44. The standard InChI is InChI=1S/C17H10ClNO3S2/c18-12-3-1-2-4-13(12)19-15(20)14(24-17(19)23)9-10-5-7-11(8-6-10)16(21)22/h1-9H,(H,21,22)/b14-9+. The number of hydrogen-bond donors (Lipinski definition) is 1. The van der Waals surface area contributed by atoms with Crippen LogP contribution in [0.15, 0.2) is 53.4 Å². The Morgan fingerprint density at radius 2 is 1.83 bits per heavy atom. The number of thioether (sulfide) groups is 1. The van der Waals surface area contributed by atoms with Gasteiger partial charge in [0.2, 0.25) is 0 Å². The van der Waals surface area contributed by atoms with Crippen molar-refractivity contribution in [3.8, 4) is 0 Å². The lowest BCUT2D eigenvalue weighted by molar-refractivity contribution is -0.113. The van der Waals surface area contributed by atoms with Crippen molar-refractivity contribution in [2.45, 2.75) is 0 Å². The summed E-state index contributed by atoms with van der Waals surface area (Å²) in [7, 11) is 0. The summed E-state index contributed by atoms with van der Waals surface area (Å²) >= 11 is 12.6. The molecule has 0 saturated carbocycles. The van der Waals surface area contributed by atoms with Crippen molar-refractivity contribution in [1.29, 1.82) is 0 Å². The smallest absolute Gasteiger partial charge is 0.335 e. The predicted molar refractivity (Wildman–Crippen MR) is 101 cm³/mol. The van der Waals surface area contributed by atoms with Gasteiger partial charge in [-0.25, -0.2) is 4.79 Å². The number of carboxylic acids is 1. The number of nitrogens with zero attached hydrogens (tertiary/aromatic N) is 1. The van der Waals surface area contributed by atoms with Gasteiger partial charge < -0.3 is 5.11 Å². The first-order valence-electron chi connectivity index (χ1n) is 6.83. The van der Waals surface area contributed by atoms with Crippen molar-refractivity contribution in [1.82, 2.24) is 0 Å². The number of hydrogen-bond acceptors (Lipinski definition) is 4. The molecule has 4 nitrogen and oxygen atoms in total. The van der Waals surface area contributed by atoms with E-state index in [-0.39, 0.29) is 11.5 Å². The summed E-state index contributed by atoms with van der Waals surface area (Å²) < 4.78 is 0.404. The van der Waals surface area contributed by atoms with Crippen molar-refractivity contribution in [2.75, 3.05) is 4.90 Å². The van der Waals surface area contributed by atoms with Gasteiger partial charge in [0.05, 0.1) is 21.2 Å². The van der Waals surface area contributed by atoms with Gasteiger partial charge in [-0.2, -0.15) is 0 Å². The Morgan fingerprint density at radius 3 is 2.46 bits per heavy atom. The quantitative estimate of drug-likeness (QED) is 0.634. The molecular weight excluding hydrogens is 366 g/mol. The van der Waals surface area contributed by atoms with Crippen LogP contribution in [0.4, 0.5) is 5.69 Å². The van der Waals surface area contributed by atoms with E-state index in [4.69, 9.17) is 28.9 Å². The first-order chi connectivity index (χ1) is 11.5. The maximum Gasteiger partial charge on any atom is 0.335 e. The molecule has 0 spiro atoms. The van der Waals surface area contributed by atoms with Crippen molar-refractivity contribution in [2.24, 2.45) is 0 Å². The number of anilines is 1. The number of rotatable bonds is 3. The number of thiocarbonyl (C=S) groups is 1. The molecule has 1 saturated heterocycles. The molecule has 0 atom stereocenters. The van der Waals surface area contributed by atoms with Crippen LogP contribution in [0, 0.1) is 0 Å². The van der Waals surface area contributed by atoms with Gasteiger partial charge in [0.25, 0.3) is 5.91 Å². The van der Waals surface area contributed by atoms with E-state index >= 15 is 0 Å². The number of carbonyl (C=O) groups is 2. The molecule has 1 aliphatic rings. The van der Waals surface area contributed by atoms with Crippen LogP contribution in [0.1, 0.15) is 15.9 Å². The number of para-hydroxylation sites is 1. The highest BCUT2D eigenvalue weighted by Crippen LogP contribution is 2.38. The number of carboxylic acid groups (broad SMARTS) is 1. The van der Waals surface area contributed by atoms with Gasteiger partial charge in [-0.3, -0.25) is 9.69 Å². The van der Waals surface area contributed by atoms with Gasteiger partial charge in [-0.1, -0.05) is 59.8 Å². The van der Waals surface area contributed by atoms with Crippen LogP contribution in [0.5, 0.6) is 0 Å². The molecule has 1 fully saturated rings. The van der Waals surface area contributed by atoms with Gasteiger partial charge in [-0.15, -0.1) is 0 Å². The molecule has 0 aromatic heterocycles. The van der Waals surface area contributed by atoms with Crippen molar-refractivity contribution in [3.05, 3.63) is 69.6 Å². The van der Waals surface area contributed by atoms with E-state index in [2.05, 4.69) is 0 Å². The number of halogens is 1. The Labute approximate surface area is 152 Å². The van der Waals surface area contributed by atoms with Crippen molar-refractivity contribution < 1.29 is 14.7 Å². The molecule has 3 rings (SSSR count). The SMILES string of the molecule is O=C(O)c1ccc(/C=C2/SC(=S)N(c3ccccc3Cl)C2=O)cc1. The molecule has 1 amide bonds. The van der Waals surface area contributed by atoms with E-state index in [1.807, 2.05) is 0 Å². The van der Waals surface area contributed by atoms with Crippen molar-refractivity contribution >= 4 is 63.5 Å². The van der Waals surface area contributed by atoms with E-state index in [9.17, 15) is 9.59 Å². The average Bonchev–Trinajstić information content (AvgIpc) is 2.83. The fourth-order valence-corrected chi connectivity index (χ4v) is 3.69. The van der Waals surface area contributed by atoms with Crippen LogP contribution in [0.3, 0.4) is 0 Å². The minimum absolute atomic E-state index is 0.191. The highest BCUT2D eigenvalue weighted by molar-refractivity contribution is 8.27. The lowest BCUT2D eigenvalue weighted by Gasteiger charge is -2.15. The summed E-state index contributed by atoms with van der Waals surface area (Å²) in [6.45, 7) is 0. The molecular formula is C17H10ClNO3S2. The summed E-state index contributed by atoms with van der Waals surface area (Å²) in [6.07, 6.45) is 1.68. The van der Waals surface area contributed by atoms with Gasteiger partial charge in [-0.05, 0) is 35.9 Å². The third-order valence-electron chi connectivity index (χ3n) is 3.34. The maximum absolute atomic E-state index is 12.6. The summed E-state index contributed by atoms with van der Waals surface area (Å²) in [5.41, 5.74) is 1.46. The Morgan fingerprint density at radius 1 is 1.17 bits per heavy atom. The normalized spacial score (nSPS) is 16.0. The topological polar surface area (TPSA) is 57.6 Å². The molecule has 0 radical (unpaired) electrons. The molecule has 1 heterocycles. The Hall–Kier alpha value is -2.15.